The van der Waals surface area contributed by atoms with Crippen molar-refractivity contribution in [2.75, 3.05) is 22.6 Å². The Kier molecular flexibility index (Phi) is 5.41. The van der Waals surface area contributed by atoms with Crippen LogP contribution < -0.4 is 5.32 Å². The number of hydrogen-bond acceptors (Lipinski definition) is 8. The van der Waals surface area contributed by atoms with Gasteiger partial charge in [0, 0.05) is 25.3 Å². The number of para-hydroxylation sites is 1. The minimum Gasteiger partial charge on any atom is -0.451 e. The molecule has 0 aliphatic carbocycles. The maximum Gasteiger partial charge on any atom is 0.234 e. The zero-order valence-corrected chi connectivity index (χ0v) is 18.0. The van der Waals surface area contributed by atoms with E-state index in [0.717, 1.165) is 0 Å². The van der Waals surface area contributed by atoms with Crippen molar-refractivity contribution in [3.63, 3.8) is 0 Å². The summed E-state index contributed by atoms with van der Waals surface area (Å²) in [6.07, 6.45) is 0.529. The lowest BCUT2D eigenvalue weighted by molar-refractivity contribution is -0.113. The van der Waals surface area contributed by atoms with Gasteiger partial charge in [0.1, 0.15) is 11.4 Å². The molecule has 0 radical (unpaired) electrons. The molecule has 9 nitrogen and oxygen atoms in total. The van der Waals surface area contributed by atoms with Gasteiger partial charge in [-0.25, -0.2) is 8.42 Å². The van der Waals surface area contributed by atoms with Gasteiger partial charge in [0.2, 0.25) is 5.91 Å². The Balaban J connectivity index is 1.46. The van der Waals surface area contributed by atoms with Crippen LogP contribution in [-0.2, 0) is 21.7 Å². The van der Waals surface area contributed by atoms with Crippen LogP contribution in [0.15, 0.2) is 33.8 Å². The smallest absolute Gasteiger partial charge is 0.234 e. The van der Waals surface area contributed by atoms with Gasteiger partial charge in [-0.2, -0.15) is 0 Å². The molecule has 1 fully saturated rings. The first kappa shape index (κ1) is 20.6. The van der Waals surface area contributed by atoms with Gasteiger partial charge in [-0.1, -0.05) is 23.9 Å². The second-order valence-electron chi connectivity index (χ2n) is 7.20. The van der Waals surface area contributed by atoms with Crippen molar-refractivity contribution in [3.05, 3.63) is 35.9 Å². The summed E-state index contributed by atoms with van der Waals surface area (Å²) < 4.78 is 30.7. The number of nitrogens with zero attached hydrogens (tertiary/aromatic N) is 3. The summed E-state index contributed by atoms with van der Waals surface area (Å²) in [6.45, 7) is 1.38. The molecular weight excluding hydrogens is 428 g/mol. The Labute approximate surface area is 177 Å². The number of nitrogens with one attached hydrogen (secondary N) is 1. The van der Waals surface area contributed by atoms with Crippen molar-refractivity contribution < 1.29 is 22.4 Å². The van der Waals surface area contributed by atoms with Gasteiger partial charge in [0.15, 0.2) is 26.5 Å². The first-order valence-electron chi connectivity index (χ1n) is 9.30. The molecule has 1 aliphatic heterocycles. The number of rotatable bonds is 6. The number of anilines is 1. The highest BCUT2D eigenvalue weighted by Gasteiger charge is 2.32. The summed E-state index contributed by atoms with van der Waals surface area (Å²) >= 11 is 1.19. The average molecular weight is 449 g/mol. The third-order valence-electron chi connectivity index (χ3n) is 4.98. The molecule has 1 aliphatic rings. The normalized spacial score (nSPS) is 18.0. The van der Waals surface area contributed by atoms with E-state index in [1.54, 1.807) is 35.9 Å². The molecule has 3 aromatic rings. The molecule has 0 bridgehead atoms. The number of thioether (sulfide) groups is 1. The van der Waals surface area contributed by atoms with Crippen LogP contribution in [0.25, 0.3) is 11.0 Å². The topological polar surface area (TPSA) is 124 Å². The van der Waals surface area contributed by atoms with Crippen LogP contribution in [0.1, 0.15) is 35.6 Å². The first-order valence-corrected chi connectivity index (χ1v) is 12.1. The summed E-state index contributed by atoms with van der Waals surface area (Å²) in [4.78, 5) is 24.4. The minimum absolute atomic E-state index is 0.0474. The SMILES string of the molecule is CC(=O)c1oc2ccccc2c1NC(=O)CSc1nnc(C2CCS(=O)(=O)C2)n1C. The molecule has 30 heavy (non-hydrogen) atoms. The van der Waals surface area contributed by atoms with Gasteiger partial charge in [-0.15, -0.1) is 10.2 Å². The molecule has 4 rings (SSSR count). The zero-order valence-electron chi connectivity index (χ0n) is 16.4. The van der Waals surface area contributed by atoms with Crippen LogP contribution in [0.3, 0.4) is 0 Å². The van der Waals surface area contributed by atoms with Gasteiger partial charge >= 0.3 is 0 Å². The van der Waals surface area contributed by atoms with Gasteiger partial charge in [0.05, 0.1) is 22.9 Å². The van der Waals surface area contributed by atoms with Crippen LogP contribution in [0.5, 0.6) is 0 Å². The second kappa shape index (κ2) is 7.88. The predicted molar refractivity (Wildman–Crippen MR) is 113 cm³/mol. The molecule has 1 unspecified atom stereocenters. The number of hydrogen-bond donors (Lipinski definition) is 1. The number of aromatic nitrogens is 3. The highest BCUT2D eigenvalue weighted by molar-refractivity contribution is 7.99. The molecular formula is C19H20N4O5S2. The Morgan fingerprint density at radius 3 is 2.77 bits per heavy atom. The summed E-state index contributed by atoms with van der Waals surface area (Å²) in [6, 6.07) is 7.10. The molecule has 11 heteroatoms. The first-order chi connectivity index (χ1) is 14.2. The van der Waals surface area contributed by atoms with E-state index in [9.17, 15) is 18.0 Å². The van der Waals surface area contributed by atoms with Gasteiger partial charge in [-0.3, -0.25) is 9.59 Å². The third kappa shape index (κ3) is 3.99. The summed E-state index contributed by atoms with van der Waals surface area (Å²) in [5, 5.41) is 12.2. The molecule has 1 N–H and O–H groups in total. The van der Waals surface area contributed by atoms with Crippen LogP contribution in [0, 0.1) is 0 Å². The average Bonchev–Trinajstić information content (AvgIpc) is 3.35. The van der Waals surface area contributed by atoms with E-state index in [1.807, 2.05) is 0 Å². The number of fused-ring (bicyclic) bond motifs is 1. The number of Topliss-reactive ketones (excluding diaryl/α,β-unsaturated/α-hetero) is 1. The van der Waals surface area contributed by atoms with Gasteiger partial charge < -0.3 is 14.3 Å². The lowest BCUT2D eigenvalue weighted by Gasteiger charge is -2.08. The van der Waals surface area contributed by atoms with E-state index in [1.165, 1.54) is 18.7 Å². The largest absolute Gasteiger partial charge is 0.451 e. The lowest BCUT2D eigenvalue weighted by Crippen LogP contribution is -2.16. The van der Waals surface area contributed by atoms with E-state index < -0.39 is 9.84 Å². The Hall–Kier alpha value is -2.66. The van der Waals surface area contributed by atoms with Gasteiger partial charge in [0.25, 0.3) is 0 Å². The number of carbonyl (C=O) groups is 2. The van der Waals surface area contributed by atoms with E-state index in [0.29, 0.717) is 34.1 Å². The number of furan rings is 1. The standard InChI is InChI=1S/C19H20N4O5S2/c1-11(24)17-16(13-5-3-4-6-14(13)28-17)20-15(25)9-29-19-22-21-18(23(19)2)12-7-8-30(26,27)10-12/h3-6,12H,7-10H2,1-2H3,(H,20,25). The maximum atomic E-state index is 12.5. The van der Waals surface area contributed by atoms with Crippen molar-refractivity contribution in [1.29, 1.82) is 0 Å². The molecule has 3 heterocycles. The minimum atomic E-state index is -3.02. The summed E-state index contributed by atoms with van der Waals surface area (Å²) in [5.74, 6) is 0.229. The number of sulfone groups is 1. The fourth-order valence-corrected chi connectivity index (χ4v) is 5.99. The van der Waals surface area contributed by atoms with Crippen molar-refractivity contribution in [1.82, 2.24) is 14.8 Å². The van der Waals surface area contributed by atoms with Gasteiger partial charge in [-0.05, 0) is 18.6 Å². The molecule has 0 spiro atoms. The van der Waals surface area contributed by atoms with E-state index in [2.05, 4.69) is 15.5 Å². The number of benzene rings is 1. The predicted octanol–water partition coefficient (Wildman–Crippen LogP) is 2.40. The van der Waals surface area contributed by atoms with Crippen molar-refractivity contribution >= 4 is 49.9 Å². The quantitative estimate of drug-likeness (QED) is 0.450. The zero-order chi connectivity index (χ0) is 21.5. The summed E-state index contributed by atoms with van der Waals surface area (Å²) in [5.41, 5.74) is 0.883. The monoisotopic (exact) mass is 448 g/mol. The van der Waals surface area contributed by atoms with Crippen LogP contribution in [-0.4, -0.2) is 52.1 Å². The van der Waals surface area contributed by atoms with Crippen LogP contribution in [0.2, 0.25) is 0 Å². The molecule has 1 saturated heterocycles. The maximum absolute atomic E-state index is 12.5. The fraction of sp³-hybridized carbons (Fsp3) is 0.368. The number of amides is 1. The summed E-state index contributed by atoms with van der Waals surface area (Å²) in [7, 11) is -1.26. The Morgan fingerprint density at radius 2 is 2.07 bits per heavy atom. The van der Waals surface area contributed by atoms with Crippen LogP contribution in [0.4, 0.5) is 5.69 Å². The number of ketones is 1. The van der Waals surface area contributed by atoms with E-state index in [4.69, 9.17) is 4.42 Å². The molecule has 0 saturated carbocycles. The Bertz CT molecular complexity index is 1250. The highest BCUT2D eigenvalue weighted by Crippen LogP contribution is 2.32. The highest BCUT2D eigenvalue weighted by atomic mass is 32.2. The lowest BCUT2D eigenvalue weighted by atomic mass is 10.1. The molecule has 1 aromatic carbocycles. The van der Waals surface area contributed by atoms with E-state index >= 15 is 0 Å². The van der Waals surface area contributed by atoms with Crippen molar-refractivity contribution in [2.45, 2.75) is 24.4 Å². The third-order valence-corrected chi connectivity index (χ3v) is 7.77. The second-order valence-corrected chi connectivity index (χ2v) is 10.4. The van der Waals surface area contributed by atoms with Crippen molar-refractivity contribution in [3.8, 4) is 0 Å². The van der Waals surface area contributed by atoms with Crippen molar-refractivity contribution in [2.24, 2.45) is 7.05 Å². The van der Waals surface area contributed by atoms with E-state index in [-0.39, 0.29) is 40.6 Å². The number of carbonyl (C=O) groups excluding carboxylic acids is 2. The van der Waals surface area contributed by atoms with Crippen LogP contribution >= 0.6 is 11.8 Å². The Morgan fingerprint density at radius 1 is 1.30 bits per heavy atom. The molecule has 158 valence electrons. The molecule has 1 atom stereocenters. The molecule has 2 aromatic heterocycles. The fourth-order valence-electron chi connectivity index (χ4n) is 3.53. The molecule has 1 amide bonds.